The largest absolute Gasteiger partial charge is 0.491 e. The van der Waals surface area contributed by atoms with Gasteiger partial charge >= 0.3 is 0 Å². The van der Waals surface area contributed by atoms with E-state index in [1.807, 2.05) is 12.1 Å². The third-order valence-corrected chi connectivity index (χ3v) is 4.16. The summed E-state index contributed by atoms with van der Waals surface area (Å²) in [6, 6.07) is 8.17. The van der Waals surface area contributed by atoms with Crippen LogP contribution in [-0.2, 0) is 0 Å². The molecule has 0 bridgehead atoms. The van der Waals surface area contributed by atoms with E-state index in [1.54, 1.807) is 0 Å². The third kappa shape index (κ3) is 4.22. The van der Waals surface area contributed by atoms with E-state index in [4.69, 9.17) is 4.74 Å². The van der Waals surface area contributed by atoms with Gasteiger partial charge in [0.25, 0.3) is 0 Å². The van der Waals surface area contributed by atoms with Gasteiger partial charge in [-0.1, -0.05) is 32.0 Å². The summed E-state index contributed by atoms with van der Waals surface area (Å²) in [7, 11) is 0. The highest BCUT2D eigenvalue weighted by molar-refractivity contribution is 5.35. The number of hydrogen-bond donors (Lipinski definition) is 1. The van der Waals surface area contributed by atoms with Crippen LogP contribution >= 0.6 is 0 Å². The molecule has 1 heterocycles. The Labute approximate surface area is 122 Å². The quantitative estimate of drug-likeness (QED) is 0.831. The van der Waals surface area contributed by atoms with Gasteiger partial charge in [-0.05, 0) is 49.9 Å². The van der Waals surface area contributed by atoms with Crippen molar-refractivity contribution in [3.8, 4) is 5.75 Å². The van der Waals surface area contributed by atoms with E-state index in [1.165, 1.54) is 18.4 Å². The molecule has 2 rings (SSSR count). The fourth-order valence-electron chi connectivity index (χ4n) is 2.74. The Morgan fingerprint density at radius 1 is 1.25 bits per heavy atom. The van der Waals surface area contributed by atoms with Crippen molar-refractivity contribution in [1.82, 2.24) is 4.90 Å². The zero-order valence-electron chi connectivity index (χ0n) is 12.7. The van der Waals surface area contributed by atoms with E-state index in [2.05, 4.69) is 30.9 Å². The summed E-state index contributed by atoms with van der Waals surface area (Å²) in [6.45, 7) is 7.73. The highest BCUT2D eigenvalue weighted by Gasteiger charge is 2.17. The van der Waals surface area contributed by atoms with Crippen LogP contribution in [0.5, 0.6) is 5.75 Å². The van der Waals surface area contributed by atoms with E-state index < -0.39 is 6.10 Å². The zero-order valence-corrected chi connectivity index (χ0v) is 12.7. The lowest BCUT2D eigenvalue weighted by Gasteiger charge is -2.21. The molecule has 0 saturated carbocycles. The Morgan fingerprint density at radius 3 is 2.65 bits per heavy atom. The SMILES string of the molecule is CC[C@H](C)c1ccccc1OC[C@H](O)CN1CCCC1. The maximum atomic E-state index is 10.1. The van der Waals surface area contributed by atoms with Gasteiger partial charge in [-0.25, -0.2) is 0 Å². The number of β-amino-alcohol motifs (C(OH)–C–C–N with tert-alkyl or cyclic N) is 1. The fourth-order valence-corrected chi connectivity index (χ4v) is 2.74. The van der Waals surface area contributed by atoms with Gasteiger partial charge in [-0.2, -0.15) is 0 Å². The van der Waals surface area contributed by atoms with Crippen molar-refractivity contribution < 1.29 is 9.84 Å². The molecule has 1 fully saturated rings. The van der Waals surface area contributed by atoms with Crippen LogP contribution in [0.2, 0.25) is 0 Å². The first-order valence-electron chi connectivity index (χ1n) is 7.82. The van der Waals surface area contributed by atoms with Crippen LogP contribution in [0.3, 0.4) is 0 Å². The average molecular weight is 277 g/mol. The molecule has 3 heteroatoms. The van der Waals surface area contributed by atoms with Gasteiger partial charge in [0.1, 0.15) is 18.5 Å². The van der Waals surface area contributed by atoms with Crippen molar-refractivity contribution in [3.63, 3.8) is 0 Å². The zero-order chi connectivity index (χ0) is 14.4. The van der Waals surface area contributed by atoms with Crippen molar-refractivity contribution in [2.75, 3.05) is 26.2 Å². The minimum atomic E-state index is -0.405. The highest BCUT2D eigenvalue weighted by Crippen LogP contribution is 2.28. The van der Waals surface area contributed by atoms with Crippen molar-refractivity contribution in [2.45, 2.75) is 45.1 Å². The summed E-state index contributed by atoms with van der Waals surface area (Å²) in [5, 5.41) is 10.1. The van der Waals surface area contributed by atoms with Crippen LogP contribution in [0, 0.1) is 0 Å². The molecule has 3 nitrogen and oxygen atoms in total. The molecule has 0 spiro atoms. The van der Waals surface area contributed by atoms with Crippen LogP contribution < -0.4 is 4.74 Å². The first-order chi connectivity index (χ1) is 9.70. The second-order valence-electron chi connectivity index (χ2n) is 5.82. The summed E-state index contributed by atoms with van der Waals surface area (Å²) < 4.78 is 5.86. The van der Waals surface area contributed by atoms with Crippen LogP contribution in [0.1, 0.15) is 44.6 Å². The number of aliphatic hydroxyl groups excluding tert-OH is 1. The Balaban J connectivity index is 1.86. The van der Waals surface area contributed by atoms with Gasteiger partial charge < -0.3 is 14.7 Å². The summed E-state index contributed by atoms with van der Waals surface area (Å²) in [4.78, 5) is 2.31. The molecule has 0 aromatic heterocycles. The molecule has 112 valence electrons. The number of benzene rings is 1. The molecule has 0 aliphatic carbocycles. The molecule has 1 saturated heterocycles. The molecule has 0 amide bonds. The van der Waals surface area contributed by atoms with E-state index in [0.717, 1.165) is 31.8 Å². The van der Waals surface area contributed by atoms with Crippen molar-refractivity contribution in [2.24, 2.45) is 0 Å². The van der Waals surface area contributed by atoms with E-state index in [-0.39, 0.29) is 0 Å². The molecule has 1 aliphatic heterocycles. The topological polar surface area (TPSA) is 32.7 Å². The molecule has 1 aliphatic rings. The molecule has 20 heavy (non-hydrogen) atoms. The Bertz CT molecular complexity index is 402. The molecular formula is C17H27NO2. The summed E-state index contributed by atoms with van der Waals surface area (Å²) >= 11 is 0. The molecule has 1 aromatic rings. The van der Waals surface area contributed by atoms with Crippen molar-refractivity contribution in [1.29, 1.82) is 0 Å². The van der Waals surface area contributed by atoms with Gasteiger partial charge in [0, 0.05) is 6.54 Å². The Kier molecular flexibility index (Phi) is 5.86. The van der Waals surface area contributed by atoms with Crippen LogP contribution in [-0.4, -0.2) is 42.4 Å². The third-order valence-electron chi connectivity index (χ3n) is 4.16. The monoisotopic (exact) mass is 277 g/mol. The van der Waals surface area contributed by atoms with Crippen molar-refractivity contribution >= 4 is 0 Å². The summed E-state index contributed by atoms with van der Waals surface area (Å²) in [6.07, 6.45) is 3.20. The lowest BCUT2D eigenvalue weighted by atomic mass is 9.98. The van der Waals surface area contributed by atoms with Gasteiger partial charge in [-0.15, -0.1) is 0 Å². The molecule has 0 unspecified atom stereocenters. The van der Waals surface area contributed by atoms with Gasteiger partial charge in [0.15, 0.2) is 0 Å². The van der Waals surface area contributed by atoms with Crippen molar-refractivity contribution in [3.05, 3.63) is 29.8 Å². The standard InChI is InChI=1S/C17H27NO2/c1-3-14(2)16-8-4-5-9-17(16)20-13-15(19)12-18-10-6-7-11-18/h4-5,8-9,14-15,19H,3,6-7,10-13H2,1-2H3/t14-,15+/m0/s1. The molecule has 0 radical (unpaired) electrons. The number of hydrogen-bond acceptors (Lipinski definition) is 3. The van der Waals surface area contributed by atoms with E-state index in [9.17, 15) is 5.11 Å². The number of ether oxygens (including phenoxy) is 1. The van der Waals surface area contributed by atoms with E-state index >= 15 is 0 Å². The van der Waals surface area contributed by atoms with Crippen LogP contribution in [0.4, 0.5) is 0 Å². The summed E-state index contributed by atoms with van der Waals surface area (Å²) in [5.41, 5.74) is 1.24. The Hall–Kier alpha value is -1.06. The lowest BCUT2D eigenvalue weighted by Crippen LogP contribution is -2.33. The van der Waals surface area contributed by atoms with E-state index in [0.29, 0.717) is 12.5 Å². The lowest BCUT2D eigenvalue weighted by molar-refractivity contribution is 0.0753. The Morgan fingerprint density at radius 2 is 1.95 bits per heavy atom. The molecule has 2 atom stereocenters. The molecule has 1 N–H and O–H groups in total. The minimum absolute atomic E-state index is 0.379. The average Bonchev–Trinajstić information content (AvgIpc) is 2.97. The molecule has 1 aromatic carbocycles. The predicted molar refractivity (Wildman–Crippen MR) is 82.3 cm³/mol. The minimum Gasteiger partial charge on any atom is -0.491 e. The number of rotatable bonds is 7. The highest BCUT2D eigenvalue weighted by atomic mass is 16.5. The maximum absolute atomic E-state index is 10.1. The normalized spacial score (nSPS) is 18.9. The van der Waals surface area contributed by atoms with Crippen LogP contribution in [0.25, 0.3) is 0 Å². The number of nitrogens with zero attached hydrogens (tertiary/aromatic N) is 1. The second kappa shape index (κ2) is 7.65. The first-order valence-corrected chi connectivity index (χ1v) is 7.82. The smallest absolute Gasteiger partial charge is 0.122 e. The fraction of sp³-hybridized carbons (Fsp3) is 0.647. The molecular weight excluding hydrogens is 250 g/mol. The number of para-hydroxylation sites is 1. The maximum Gasteiger partial charge on any atom is 0.122 e. The summed E-state index contributed by atoms with van der Waals surface area (Å²) in [5.74, 6) is 1.41. The number of likely N-dealkylation sites (tertiary alicyclic amines) is 1. The van der Waals surface area contributed by atoms with Gasteiger partial charge in [0.2, 0.25) is 0 Å². The predicted octanol–water partition coefficient (Wildman–Crippen LogP) is 3.04. The van der Waals surface area contributed by atoms with Gasteiger partial charge in [-0.3, -0.25) is 0 Å². The number of aliphatic hydroxyl groups is 1. The second-order valence-corrected chi connectivity index (χ2v) is 5.82. The first kappa shape index (κ1) is 15.3. The van der Waals surface area contributed by atoms with Gasteiger partial charge in [0.05, 0.1) is 0 Å². The van der Waals surface area contributed by atoms with Crippen LogP contribution in [0.15, 0.2) is 24.3 Å².